The molecule has 0 unspecified atom stereocenters. The van der Waals surface area contributed by atoms with Crippen LogP contribution in [0.2, 0.25) is 0 Å². The molecule has 0 atom stereocenters. The number of carbonyl (C=O) groups is 2. The Balaban J connectivity index is 1.36. The summed E-state index contributed by atoms with van der Waals surface area (Å²) < 4.78 is 49.8. The molecule has 194 valence electrons. The highest BCUT2D eigenvalue weighted by Crippen LogP contribution is 2.31. The number of alkyl halides is 3. The molecule has 0 spiro atoms. The number of nitrogens with one attached hydrogen (secondary N) is 2. The number of hydrazone groups is 1. The molecule has 2 amide bonds. The van der Waals surface area contributed by atoms with Crippen molar-refractivity contribution in [3.8, 4) is 11.5 Å². The zero-order valence-corrected chi connectivity index (χ0v) is 20.1. The number of carbonyl (C=O) groups excluding carboxylic acids is 2. The second-order valence-electron chi connectivity index (χ2n) is 8.07. The molecule has 0 radical (unpaired) electrons. The van der Waals surface area contributed by atoms with Crippen molar-refractivity contribution in [3.05, 3.63) is 102 Å². The second-order valence-corrected chi connectivity index (χ2v) is 8.07. The number of hydrogen-bond acceptors (Lipinski definition) is 5. The molecular weight excluding hydrogens is 499 g/mol. The number of fused-ring (bicyclic) bond motifs is 1. The highest BCUT2D eigenvalue weighted by Gasteiger charge is 2.30. The molecule has 0 saturated carbocycles. The summed E-state index contributed by atoms with van der Waals surface area (Å²) in [5, 5.41) is 8.04. The third-order valence-corrected chi connectivity index (χ3v) is 5.48. The summed E-state index contributed by atoms with van der Waals surface area (Å²) in [6.45, 7) is 0.322. The number of hydrogen-bond donors (Lipinski definition) is 2. The lowest BCUT2D eigenvalue weighted by molar-refractivity contribution is -0.137. The van der Waals surface area contributed by atoms with Crippen molar-refractivity contribution in [3.63, 3.8) is 0 Å². The molecule has 38 heavy (non-hydrogen) atoms. The number of nitrogens with zero attached hydrogens (tertiary/aromatic N) is 1. The minimum atomic E-state index is -4.58. The van der Waals surface area contributed by atoms with E-state index in [-0.39, 0.29) is 5.69 Å². The largest absolute Gasteiger partial charge is 0.493 e. The third-order valence-electron chi connectivity index (χ3n) is 5.48. The minimum Gasteiger partial charge on any atom is -0.493 e. The van der Waals surface area contributed by atoms with Gasteiger partial charge >= 0.3 is 18.0 Å². The molecular formula is C28H22F3N3O4. The van der Waals surface area contributed by atoms with Crippen LogP contribution in [-0.2, 0) is 22.4 Å². The van der Waals surface area contributed by atoms with Crippen LogP contribution in [-0.4, -0.2) is 25.1 Å². The standard InChI is InChI=1S/C28H22F3N3O4/c1-37-25-14-18(12-13-24(25)38-17-20-8-4-7-19-6-2-3-11-23(19)20)16-32-34-27(36)26(35)33-22-10-5-9-21(15-22)28(29,30)31/h2-16H,17H2,1H3,(H,33,35)(H,34,36). The molecule has 0 fully saturated rings. The molecule has 0 bridgehead atoms. The molecule has 0 aliphatic heterocycles. The van der Waals surface area contributed by atoms with Gasteiger partial charge in [-0.3, -0.25) is 9.59 Å². The van der Waals surface area contributed by atoms with Gasteiger partial charge in [0.05, 0.1) is 18.9 Å². The van der Waals surface area contributed by atoms with E-state index in [9.17, 15) is 22.8 Å². The van der Waals surface area contributed by atoms with Crippen molar-refractivity contribution < 1.29 is 32.2 Å². The molecule has 0 saturated heterocycles. The van der Waals surface area contributed by atoms with Gasteiger partial charge in [-0.15, -0.1) is 0 Å². The van der Waals surface area contributed by atoms with Crippen LogP contribution in [0, 0.1) is 0 Å². The Kier molecular flexibility index (Phi) is 7.91. The minimum absolute atomic E-state index is 0.173. The van der Waals surface area contributed by atoms with Gasteiger partial charge in [-0.2, -0.15) is 18.3 Å². The van der Waals surface area contributed by atoms with Crippen LogP contribution in [0.5, 0.6) is 11.5 Å². The first-order valence-corrected chi connectivity index (χ1v) is 11.3. The molecule has 7 nitrogen and oxygen atoms in total. The number of ether oxygens (including phenoxy) is 2. The van der Waals surface area contributed by atoms with Gasteiger partial charge in [0, 0.05) is 5.69 Å². The van der Waals surface area contributed by atoms with Crippen molar-refractivity contribution in [2.75, 3.05) is 12.4 Å². The fraction of sp³-hybridized carbons (Fsp3) is 0.107. The predicted molar refractivity (Wildman–Crippen MR) is 137 cm³/mol. The third kappa shape index (κ3) is 6.47. The molecule has 0 aliphatic carbocycles. The van der Waals surface area contributed by atoms with E-state index >= 15 is 0 Å². The van der Waals surface area contributed by atoms with Crippen molar-refractivity contribution in [1.82, 2.24) is 5.43 Å². The van der Waals surface area contributed by atoms with Gasteiger partial charge in [0.2, 0.25) is 0 Å². The average molecular weight is 521 g/mol. The van der Waals surface area contributed by atoms with Gasteiger partial charge in [-0.1, -0.05) is 48.5 Å². The summed E-state index contributed by atoms with van der Waals surface area (Å²) in [6.07, 6.45) is -3.29. The van der Waals surface area contributed by atoms with Gasteiger partial charge in [0.1, 0.15) is 6.61 Å². The highest BCUT2D eigenvalue weighted by atomic mass is 19.4. The maximum atomic E-state index is 12.8. The Bertz CT molecular complexity index is 1500. The lowest BCUT2D eigenvalue weighted by atomic mass is 10.1. The number of anilines is 1. The smallest absolute Gasteiger partial charge is 0.416 e. The van der Waals surface area contributed by atoms with Crippen LogP contribution in [0.25, 0.3) is 10.8 Å². The van der Waals surface area contributed by atoms with E-state index in [4.69, 9.17) is 9.47 Å². The highest BCUT2D eigenvalue weighted by molar-refractivity contribution is 6.39. The van der Waals surface area contributed by atoms with Gasteiger partial charge < -0.3 is 14.8 Å². The Morgan fingerprint density at radius 1 is 0.895 bits per heavy atom. The maximum Gasteiger partial charge on any atom is 0.416 e. The number of rotatable bonds is 7. The zero-order valence-electron chi connectivity index (χ0n) is 20.1. The summed E-state index contributed by atoms with van der Waals surface area (Å²) in [7, 11) is 1.49. The van der Waals surface area contributed by atoms with Crippen molar-refractivity contribution in [2.24, 2.45) is 5.10 Å². The Labute approximate surface area is 215 Å². The first-order chi connectivity index (χ1) is 18.2. The molecule has 0 aliphatic rings. The van der Waals surface area contributed by atoms with Crippen molar-refractivity contribution in [1.29, 1.82) is 0 Å². The lowest BCUT2D eigenvalue weighted by Gasteiger charge is -2.12. The maximum absolute atomic E-state index is 12.8. The van der Waals surface area contributed by atoms with E-state index in [2.05, 4.69) is 10.4 Å². The van der Waals surface area contributed by atoms with Gasteiger partial charge in [0.15, 0.2) is 11.5 Å². The number of benzene rings is 4. The second kappa shape index (κ2) is 11.5. The summed E-state index contributed by atoms with van der Waals surface area (Å²) in [4.78, 5) is 24.0. The van der Waals surface area contributed by atoms with Crippen molar-refractivity contribution >= 4 is 34.5 Å². The molecule has 4 rings (SSSR count). The van der Waals surface area contributed by atoms with E-state index in [1.165, 1.54) is 19.4 Å². The normalized spacial score (nSPS) is 11.4. The molecule has 2 N–H and O–H groups in total. The number of methoxy groups -OCH3 is 1. The Morgan fingerprint density at radius 2 is 1.66 bits per heavy atom. The van der Waals surface area contributed by atoms with E-state index in [1.807, 2.05) is 47.9 Å². The lowest BCUT2D eigenvalue weighted by Crippen LogP contribution is -2.32. The van der Waals surface area contributed by atoms with Crippen LogP contribution < -0.4 is 20.2 Å². The van der Waals surface area contributed by atoms with Gasteiger partial charge in [0.25, 0.3) is 0 Å². The Morgan fingerprint density at radius 3 is 2.45 bits per heavy atom. The van der Waals surface area contributed by atoms with E-state index in [0.29, 0.717) is 23.7 Å². The fourth-order valence-electron chi connectivity index (χ4n) is 3.63. The van der Waals surface area contributed by atoms with Crippen LogP contribution in [0.3, 0.4) is 0 Å². The SMILES string of the molecule is COc1cc(C=NNC(=O)C(=O)Nc2cccc(C(F)(F)F)c2)ccc1OCc1cccc2ccccc12. The molecule has 4 aromatic carbocycles. The topological polar surface area (TPSA) is 89.0 Å². The first kappa shape index (κ1) is 26.2. The van der Waals surface area contributed by atoms with Gasteiger partial charge in [-0.25, -0.2) is 5.43 Å². The predicted octanol–water partition coefficient (Wildman–Crippen LogP) is 5.54. The van der Waals surface area contributed by atoms with E-state index in [1.54, 1.807) is 18.2 Å². The van der Waals surface area contributed by atoms with Crippen LogP contribution in [0.1, 0.15) is 16.7 Å². The number of halogens is 3. The fourth-order valence-corrected chi connectivity index (χ4v) is 3.63. The quantitative estimate of drug-likeness (QED) is 0.190. The zero-order chi connectivity index (χ0) is 27.1. The van der Waals surface area contributed by atoms with Crippen LogP contribution in [0.15, 0.2) is 90.0 Å². The average Bonchev–Trinajstić information content (AvgIpc) is 2.91. The molecule has 0 heterocycles. The summed E-state index contributed by atoms with van der Waals surface area (Å²) >= 11 is 0. The van der Waals surface area contributed by atoms with E-state index in [0.717, 1.165) is 34.5 Å². The number of amides is 2. The monoisotopic (exact) mass is 521 g/mol. The van der Waals surface area contributed by atoms with Crippen LogP contribution >= 0.6 is 0 Å². The summed E-state index contributed by atoms with van der Waals surface area (Å²) in [5.74, 6) is -1.39. The Hall–Kier alpha value is -4.86. The molecule has 0 aromatic heterocycles. The molecule has 4 aromatic rings. The van der Waals surface area contributed by atoms with Crippen LogP contribution in [0.4, 0.5) is 18.9 Å². The van der Waals surface area contributed by atoms with Gasteiger partial charge in [-0.05, 0) is 58.3 Å². The van der Waals surface area contributed by atoms with E-state index < -0.39 is 23.6 Å². The summed E-state index contributed by atoms with van der Waals surface area (Å²) in [6, 6.07) is 22.9. The van der Waals surface area contributed by atoms with Crippen molar-refractivity contribution in [2.45, 2.75) is 12.8 Å². The summed E-state index contributed by atoms with van der Waals surface area (Å²) in [5.41, 5.74) is 2.47. The first-order valence-electron chi connectivity index (χ1n) is 11.3. The molecule has 10 heteroatoms.